The first-order valence-corrected chi connectivity index (χ1v) is 9.92. The number of piperazine rings is 1. The molecular weight excluding hydrogens is 386 g/mol. The molecule has 0 saturated carbocycles. The second-order valence-corrected chi connectivity index (χ2v) is 7.93. The van der Waals surface area contributed by atoms with Crippen molar-refractivity contribution in [2.45, 2.75) is 11.8 Å². The van der Waals surface area contributed by atoms with E-state index in [4.69, 9.17) is 11.2 Å². The quantitative estimate of drug-likeness (QED) is 0.500. The third kappa shape index (κ3) is 5.31. The predicted octanol–water partition coefficient (Wildman–Crippen LogP) is -0.554. The topological polar surface area (TPSA) is 113 Å². The minimum absolute atomic E-state index is 0.00759. The van der Waals surface area contributed by atoms with E-state index >= 15 is 0 Å². The molecule has 0 atom stereocenters. The molecule has 150 valence electrons. The normalized spacial score (nSPS) is 14.8. The third-order valence-corrected chi connectivity index (χ3v) is 6.01. The van der Waals surface area contributed by atoms with Gasteiger partial charge in [-0.25, -0.2) is 13.2 Å². The summed E-state index contributed by atoms with van der Waals surface area (Å²) in [5.41, 5.74) is 0.00759. The summed E-state index contributed by atoms with van der Waals surface area (Å²) in [7, 11) is -3.82. The molecule has 28 heavy (non-hydrogen) atoms. The van der Waals surface area contributed by atoms with E-state index in [1.165, 1.54) is 35.5 Å². The molecular formula is C18H21N3O6S. The van der Waals surface area contributed by atoms with Crippen LogP contribution in [-0.2, 0) is 24.3 Å². The van der Waals surface area contributed by atoms with Crippen molar-refractivity contribution in [3.63, 3.8) is 0 Å². The molecule has 1 N–H and O–H groups in total. The van der Waals surface area contributed by atoms with E-state index in [-0.39, 0.29) is 36.0 Å². The summed E-state index contributed by atoms with van der Waals surface area (Å²) in [5, 5.41) is 2.35. The summed E-state index contributed by atoms with van der Waals surface area (Å²) in [4.78, 5) is 36.4. The first-order chi connectivity index (χ1) is 13.3. The maximum absolute atomic E-state index is 12.8. The highest BCUT2D eigenvalue weighted by Crippen LogP contribution is 2.19. The Bertz CT molecular complexity index is 898. The molecule has 1 aromatic rings. The molecule has 1 heterocycles. The summed E-state index contributed by atoms with van der Waals surface area (Å²) in [6, 6.07) is 5.40. The van der Waals surface area contributed by atoms with Gasteiger partial charge in [-0.3, -0.25) is 9.59 Å². The molecule has 1 aromatic carbocycles. The molecule has 10 heteroatoms. The number of hydrogen-bond acceptors (Lipinski definition) is 6. The first-order valence-electron chi connectivity index (χ1n) is 8.48. The van der Waals surface area contributed by atoms with Gasteiger partial charge in [0, 0.05) is 33.1 Å². The molecule has 0 spiro atoms. The number of nitrogens with zero attached hydrogens (tertiary/aromatic N) is 2. The number of sulfonamides is 1. The molecule has 0 aliphatic carbocycles. The molecule has 1 saturated heterocycles. The number of carbonyl (C=O) groups is 3. The molecule has 9 nitrogen and oxygen atoms in total. The fraction of sp³-hybridized carbons (Fsp3) is 0.389. The molecule has 0 bridgehead atoms. The van der Waals surface area contributed by atoms with Crippen molar-refractivity contribution in [2.75, 3.05) is 39.3 Å². The van der Waals surface area contributed by atoms with Gasteiger partial charge < -0.3 is 15.0 Å². The van der Waals surface area contributed by atoms with Crippen molar-refractivity contribution in [1.29, 1.82) is 0 Å². The lowest BCUT2D eigenvalue weighted by molar-refractivity contribution is -0.130. The second kappa shape index (κ2) is 9.34. The number of nitrogens with one attached hydrogen (secondary N) is 1. The summed E-state index contributed by atoms with van der Waals surface area (Å²) in [5.74, 6) is 0.731. The van der Waals surface area contributed by atoms with Gasteiger partial charge in [-0.1, -0.05) is 12.0 Å². The van der Waals surface area contributed by atoms with Gasteiger partial charge in [0.15, 0.2) is 6.61 Å². The lowest BCUT2D eigenvalue weighted by Gasteiger charge is -2.33. The molecule has 0 aromatic heterocycles. The molecule has 1 aliphatic rings. The third-order valence-electron chi connectivity index (χ3n) is 4.11. The Morgan fingerprint density at radius 2 is 1.89 bits per heavy atom. The highest BCUT2D eigenvalue weighted by molar-refractivity contribution is 7.89. The van der Waals surface area contributed by atoms with E-state index < -0.39 is 28.5 Å². The van der Waals surface area contributed by atoms with Crippen LogP contribution in [0.2, 0.25) is 0 Å². The maximum Gasteiger partial charge on any atom is 0.338 e. The highest BCUT2D eigenvalue weighted by Gasteiger charge is 2.29. The standard InChI is InChI=1S/C18H21N3O6S/c1-3-7-19-17(23)13-27-18(24)15-5-4-6-16(12-15)28(25,26)21-10-8-20(9-11-21)14(2)22/h1,4-6,12H,7-11,13H2,2H3,(H,19,23). The van der Waals surface area contributed by atoms with Crippen molar-refractivity contribution in [1.82, 2.24) is 14.5 Å². The van der Waals surface area contributed by atoms with Crippen LogP contribution in [0, 0.1) is 12.3 Å². The van der Waals surface area contributed by atoms with Crippen LogP contribution in [0.4, 0.5) is 0 Å². The Morgan fingerprint density at radius 1 is 1.21 bits per heavy atom. The van der Waals surface area contributed by atoms with Gasteiger partial charge in [-0.15, -0.1) is 6.42 Å². The zero-order valence-corrected chi connectivity index (χ0v) is 16.2. The number of esters is 1. The smallest absolute Gasteiger partial charge is 0.338 e. The fourth-order valence-corrected chi connectivity index (χ4v) is 4.06. The lowest BCUT2D eigenvalue weighted by Crippen LogP contribution is -2.49. The SMILES string of the molecule is C#CCNC(=O)COC(=O)c1cccc(S(=O)(=O)N2CCN(C(C)=O)CC2)c1. The average Bonchev–Trinajstić information content (AvgIpc) is 2.70. The van der Waals surface area contributed by atoms with Crippen molar-refractivity contribution in [2.24, 2.45) is 0 Å². The monoisotopic (exact) mass is 407 g/mol. The van der Waals surface area contributed by atoms with E-state index in [2.05, 4.69) is 11.2 Å². The van der Waals surface area contributed by atoms with Gasteiger partial charge in [0.2, 0.25) is 15.9 Å². The number of rotatable bonds is 6. The van der Waals surface area contributed by atoms with Crippen molar-refractivity contribution in [3.05, 3.63) is 29.8 Å². The minimum atomic E-state index is -3.82. The Balaban J connectivity index is 2.05. The van der Waals surface area contributed by atoms with Crippen LogP contribution in [-0.4, -0.2) is 74.7 Å². The number of ether oxygens (including phenoxy) is 1. The minimum Gasteiger partial charge on any atom is -0.452 e. The Morgan fingerprint density at radius 3 is 2.50 bits per heavy atom. The van der Waals surface area contributed by atoms with E-state index in [1.807, 2.05) is 0 Å². The van der Waals surface area contributed by atoms with Crippen LogP contribution in [0.25, 0.3) is 0 Å². The number of hydrogen-bond donors (Lipinski definition) is 1. The number of amides is 2. The Hall–Kier alpha value is -2.90. The largest absolute Gasteiger partial charge is 0.452 e. The maximum atomic E-state index is 12.8. The van der Waals surface area contributed by atoms with Crippen molar-refractivity contribution in [3.8, 4) is 12.3 Å². The summed E-state index contributed by atoms with van der Waals surface area (Å²) in [6.45, 7) is 1.89. The van der Waals surface area contributed by atoms with Gasteiger partial charge in [0.25, 0.3) is 5.91 Å². The van der Waals surface area contributed by atoms with Gasteiger partial charge in [-0.05, 0) is 18.2 Å². The lowest BCUT2D eigenvalue weighted by atomic mass is 10.2. The van der Waals surface area contributed by atoms with Crippen molar-refractivity contribution < 1.29 is 27.5 Å². The number of benzene rings is 1. The molecule has 1 aliphatic heterocycles. The molecule has 0 unspecified atom stereocenters. The number of terminal acetylenes is 1. The van der Waals surface area contributed by atoms with Crippen LogP contribution in [0.15, 0.2) is 29.2 Å². The van der Waals surface area contributed by atoms with Gasteiger partial charge in [0.1, 0.15) is 0 Å². The molecule has 2 rings (SSSR count). The van der Waals surface area contributed by atoms with Crippen molar-refractivity contribution >= 4 is 27.8 Å². The first kappa shape index (κ1) is 21.4. The van der Waals surface area contributed by atoms with Crippen LogP contribution >= 0.6 is 0 Å². The number of carbonyl (C=O) groups excluding carboxylic acids is 3. The fourth-order valence-electron chi connectivity index (χ4n) is 2.59. The predicted molar refractivity (Wildman–Crippen MR) is 99.6 cm³/mol. The van der Waals surface area contributed by atoms with Crippen LogP contribution in [0.3, 0.4) is 0 Å². The van der Waals surface area contributed by atoms with E-state index in [9.17, 15) is 22.8 Å². The summed E-state index contributed by atoms with van der Waals surface area (Å²) < 4.78 is 31.8. The van der Waals surface area contributed by atoms with E-state index in [0.717, 1.165) is 0 Å². The van der Waals surface area contributed by atoms with Gasteiger partial charge >= 0.3 is 5.97 Å². The average molecular weight is 407 g/mol. The van der Waals surface area contributed by atoms with Gasteiger partial charge in [0.05, 0.1) is 17.0 Å². The van der Waals surface area contributed by atoms with E-state index in [1.54, 1.807) is 4.90 Å². The second-order valence-electron chi connectivity index (χ2n) is 5.99. The Labute approximate surface area is 163 Å². The molecule has 1 fully saturated rings. The van der Waals surface area contributed by atoms with Gasteiger partial charge in [-0.2, -0.15) is 4.31 Å². The van der Waals surface area contributed by atoms with Crippen LogP contribution < -0.4 is 5.32 Å². The zero-order valence-electron chi connectivity index (χ0n) is 15.4. The molecule has 0 radical (unpaired) electrons. The highest BCUT2D eigenvalue weighted by atomic mass is 32.2. The summed E-state index contributed by atoms with van der Waals surface area (Å²) >= 11 is 0. The summed E-state index contributed by atoms with van der Waals surface area (Å²) in [6.07, 6.45) is 5.01. The zero-order chi connectivity index (χ0) is 20.7. The van der Waals surface area contributed by atoms with Crippen LogP contribution in [0.5, 0.6) is 0 Å². The van der Waals surface area contributed by atoms with Crippen LogP contribution in [0.1, 0.15) is 17.3 Å². The Kier molecular flexibility index (Phi) is 7.14. The molecule has 2 amide bonds. The van der Waals surface area contributed by atoms with E-state index in [0.29, 0.717) is 13.1 Å².